The normalized spacial score (nSPS) is 15.3. The Morgan fingerprint density at radius 1 is 1.16 bits per heavy atom. The Hall–Kier alpha value is -2.49. The molecule has 1 heterocycles. The number of nitrogens with one attached hydrogen (secondary N) is 1. The van der Waals surface area contributed by atoms with Crippen molar-refractivity contribution in [3.05, 3.63) is 64.4 Å². The summed E-state index contributed by atoms with van der Waals surface area (Å²) in [5, 5.41) is 3.29. The number of benzene rings is 2. The summed E-state index contributed by atoms with van der Waals surface area (Å²) in [4.78, 5) is 27.2. The average molecular weight is 483 g/mol. The van der Waals surface area contributed by atoms with Crippen LogP contribution >= 0.6 is 11.6 Å². The summed E-state index contributed by atoms with van der Waals surface area (Å²) in [6.07, 6.45) is 2.26. The average Bonchev–Trinajstić information content (AvgIpc) is 2.73. The highest BCUT2D eigenvalue weighted by atomic mass is 35.5. The molecule has 1 fully saturated rings. The number of halogens is 2. The molecule has 2 aromatic carbocycles. The predicted octanol–water partition coefficient (Wildman–Crippen LogP) is 3.14. The van der Waals surface area contributed by atoms with Gasteiger partial charge in [-0.25, -0.2) is 4.39 Å². The minimum atomic E-state index is -3.91. The molecule has 0 unspecified atom stereocenters. The highest BCUT2D eigenvalue weighted by Gasteiger charge is 2.26. The van der Waals surface area contributed by atoms with Crippen molar-refractivity contribution >= 4 is 33.4 Å². The zero-order valence-corrected chi connectivity index (χ0v) is 19.1. The number of nitrogens with zero attached hydrogens (tertiary/aromatic N) is 1. The number of carbonyl (C=O) groups is 2. The maximum atomic E-state index is 13.5. The van der Waals surface area contributed by atoms with E-state index in [1.54, 1.807) is 24.3 Å². The molecule has 0 aromatic heterocycles. The van der Waals surface area contributed by atoms with E-state index in [2.05, 4.69) is 10.2 Å². The summed E-state index contributed by atoms with van der Waals surface area (Å²) in [5.74, 6) is -1.56. The molecule has 0 atom stereocenters. The van der Waals surface area contributed by atoms with E-state index in [0.717, 1.165) is 44.3 Å². The van der Waals surface area contributed by atoms with Crippen molar-refractivity contribution in [1.29, 1.82) is 0 Å². The van der Waals surface area contributed by atoms with E-state index in [9.17, 15) is 22.4 Å². The maximum absolute atomic E-state index is 13.5. The first-order valence-electron chi connectivity index (χ1n) is 10.1. The molecule has 0 radical (unpaired) electrons. The Bertz CT molecular complexity index is 1080. The molecule has 0 aliphatic carbocycles. The summed E-state index contributed by atoms with van der Waals surface area (Å²) < 4.78 is 40.9. The van der Waals surface area contributed by atoms with Gasteiger partial charge in [-0.15, -0.1) is 0 Å². The number of hydrogen-bond donors (Lipinski definition) is 1. The van der Waals surface area contributed by atoms with Crippen LogP contribution in [0.25, 0.3) is 0 Å². The third kappa shape index (κ3) is 6.75. The van der Waals surface area contributed by atoms with Gasteiger partial charge in [0.05, 0.1) is 11.8 Å². The number of rotatable bonds is 8. The van der Waals surface area contributed by atoms with E-state index in [4.69, 9.17) is 15.8 Å². The van der Waals surface area contributed by atoms with Crippen LogP contribution in [0.2, 0.25) is 5.02 Å². The molecule has 0 saturated carbocycles. The van der Waals surface area contributed by atoms with Crippen LogP contribution in [0.15, 0.2) is 42.5 Å². The Kier molecular flexibility index (Phi) is 7.86. The summed E-state index contributed by atoms with van der Waals surface area (Å²) >= 11 is 5.88. The molecule has 1 aliphatic rings. The zero-order chi connectivity index (χ0) is 23.3. The second-order valence-electron chi connectivity index (χ2n) is 7.67. The lowest BCUT2D eigenvalue weighted by Gasteiger charge is -2.31. The highest BCUT2D eigenvalue weighted by Crippen LogP contribution is 2.23. The molecule has 1 saturated heterocycles. The van der Waals surface area contributed by atoms with Crippen LogP contribution in [0.4, 0.5) is 4.39 Å². The van der Waals surface area contributed by atoms with Gasteiger partial charge in [0.25, 0.3) is 5.91 Å². The molecule has 1 N–H and O–H groups in total. The topological polar surface area (TPSA) is 92.8 Å². The fourth-order valence-electron chi connectivity index (χ4n) is 3.61. The Morgan fingerprint density at radius 2 is 1.81 bits per heavy atom. The van der Waals surface area contributed by atoms with Gasteiger partial charge in [-0.2, -0.15) is 8.42 Å². The number of amides is 1. The Morgan fingerprint density at radius 3 is 2.44 bits per heavy atom. The van der Waals surface area contributed by atoms with Crippen molar-refractivity contribution in [2.45, 2.75) is 12.8 Å². The van der Waals surface area contributed by atoms with E-state index in [0.29, 0.717) is 23.7 Å². The van der Waals surface area contributed by atoms with Crippen LogP contribution < -0.4 is 9.50 Å². The standard InChI is InChI=1S/C22H24ClFN2O5S/c1-32(29,30)31-20-14-18(24)6-7-19(20)22(28)25-10-13-26-11-8-16(9-12-26)21(27)15-2-4-17(23)5-3-15/h2-7,14,16H,8-13H2,1H3,(H,25,28). The summed E-state index contributed by atoms with van der Waals surface area (Å²) in [7, 11) is -3.91. The fourth-order valence-corrected chi connectivity index (χ4v) is 4.20. The van der Waals surface area contributed by atoms with Crippen molar-refractivity contribution in [1.82, 2.24) is 10.2 Å². The number of Topliss-reactive ketones (excluding diaryl/α,β-unsaturated/α-hetero) is 1. The van der Waals surface area contributed by atoms with E-state index in [-0.39, 0.29) is 23.0 Å². The molecule has 0 spiro atoms. The van der Waals surface area contributed by atoms with E-state index in [1.165, 1.54) is 6.07 Å². The molecule has 0 bridgehead atoms. The first-order valence-corrected chi connectivity index (χ1v) is 12.3. The predicted molar refractivity (Wildman–Crippen MR) is 119 cm³/mol. The lowest BCUT2D eigenvalue weighted by Crippen LogP contribution is -2.41. The Labute approximate surface area is 191 Å². The third-order valence-electron chi connectivity index (χ3n) is 5.23. The molecule has 32 heavy (non-hydrogen) atoms. The van der Waals surface area contributed by atoms with Crippen molar-refractivity contribution in [2.24, 2.45) is 5.92 Å². The van der Waals surface area contributed by atoms with Crippen LogP contribution in [0.5, 0.6) is 5.75 Å². The fraction of sp³-hybridized carbons (Fsp3) is 0.364. The van der Waals surface area contributed by atoms with Gasteiger partial charge in [-0.05, 0) is 62.3 Å². The number of likely N-dealkylation sites (tertiary alicyclic amines) is 1. The quantitative estimate of drug-likeness (QED) is 0.459. The van der Waals surface area contributed by atoms with Gasteiger partial charge >= 0.3 is 10.1 Å². The van der Waals surface area contributed by atoms with E-state index < -0.39 is 21.8 Å². The van der Waals surface area contributed by atoms with Crippen molar-refractivity contribution in [2.75, 3.05) is 32.4 Å². The van der Waals surface area contributed by atoms with Crippen LogP contribution in [0.3, 0.4) is 0 Å². The zero-order valence-electron chi connectivity index (χ0n) is 17.5. The van der Waals surface area contributed by atoms with Crippen molar-refractivity contribution in [3.63, 3.8) is 0 Å². The second-order valence-corrected chi connectivity index (χ2v) is 9.68. The Balaban J connectivity index is 1.48. The van der Waals surface area contributed by atoms with E-state index in [1.807, 2.05) is 0 Å². The van der Waals surface area contributed by atoms with Gasteiger partial charge in [0, 0.05) is 35.7 Å². The second kappa shape index (κ2) is 10.4. The smallest absolute Gasteiger partial charge is 0.306 e. The molecule has 10 heteroatoms. The molecule has 2 aromatic rings. The number of ketones is 1. The number of carbonyl (C=O) groups excluding carboxylic acids is 2. The van der Waals surface area contributed by atoms with Crippen LogP contribution in [0.1, 0.15) is 33.6 Å². The molecule has 172 valence electrons. The molecule has 1 aliphatic heterocycles. The summed E-state index contributed by atoms with van der Waals surface area (Å²) in [6, 6.07) is 10.00. The summed E-state index contributed by atoms with van der Waals surface area (Å²) in [5.41, 5.74) is 0.593. The van der Waals surface area contributed by atoms with Crippen LogP contribution in [-0.4, -0.2) is 57.4 Å². The minimum absolute atomic E-state index is 0.0445. The number of piperidine rings is 1. The van der Waals surface area contributed by atoms with Crippen LogP contribution in [-0.2, 0) is 10.1 Å². The SMILES string of the molecule is CS(=O)(=O)Oc1cc(F)ccc1C(=O)NCCN1CCC(C(=O)c2ccc(Cl)cc2)CC1. The monoisotopic (exact) mass is 482 g/mol. The first-order chi connectivity index (χ1) is 15.1. The van der Waals surface area contributed by atoms with Gasteiger partial charge < -0.3 is 14.4 Å². The maximum Gasteiger partial charge on any atom is 0.306 e. The molecular weight excluding hydrogens is 459 g/mol. The third-order valence-corrected chi connectivity index (χ3v) is 5.96. The van der Waals surface area contributed by atoms with E-state index >= 15 is 0 Å². The van der Waals surface area contributed by atoms with Crippen molar-refractivity contribution in [3.8, 4) is 5.75 Å². The largest absolute Gasteiger partial charge is 0.382 e. The molecule has 1 amide bonds. The first kappa shape index (κ1) is 24.2. The minimum Gasteiger partial charge on any atom is -0.382 e. The molecule has 3 rings (SSSR count). The lowest BCUT2D eigenvalue weighted by molar-refractivity contribution is 0.0839. The van der Waals surface area contributed by atoms with Gasteiger partial charge in [-0.3, -0.25) is 9.59 Å². The van der Waals surface area contributed by atoms with Gasteiger partial charge in [0.1, 0.15) is 5.82 Å². The highest BCUT2D eigenvalue weighted by molar-refractivity contribution is 7.86. The van der Waals surface area contributed by atoms with Gasteiger partial charge in [0.2, 0.25) is 0 Å². The van der Waals surface area contributed by atoms with Gasteiger partial charge in [-0.1, -0.05) is 11.6 Å². The molecule has 7 nitrogen and oxygen atoms in total. The molecular formula is C22H24ClFN2O5S. The van der Waals surface area contributed by atoms with Crippen molar-refractivity contribution < 1.29 is 26.6 Å². The number of hydrogen-bond acceptors (Lipinski definition) is 6. The van der Waals surface area contributed by atoms with Gasteiger partial charge in [0.15, 0.2) is 11.5 Å². The summed E-state index contributed by atoms with van der Waals surface area (Å²) in [6.45, 7) is 2.32. The van der Waals surface area contributed by atoms with Crippen LogP contribution in [0, 0.1) is 11.7 Å². The lowest BCUT2D eigenvalue weighted by atomic mass is 9.89.